The fourth-order valence-corrected chi connectivity index (χ4v) is 3.37. The third-order valence-corrected chi connectivity index (χ3v) is 4.74. The van der Waals surface area contributed by atoms with Gasteiger partial charge in [0.25, 0.3) is 5.91 Å². The molecule has 3 heterocycles. The van der Waals surface area contributed by atoms with Crippen LogP contribution in [-0.4, -0.2) is 31.9 Å². The molecule has 0 spiro atoms. The van der Waals surface area contributed by atoms with Crippen LogP contribution < -0.4 is 0 Å². The minimum atomic E-state index is 0.0488. The van der Waals surface area contributed by atoms with Gasteiger partial charge in [-0.05, 0) is 37.5 Å². The van der Waals surface area contributed by atoms with E-state index in [9.17, 15) is 4.79 Å². The van der Waals surface area contributed by atoms with Crippen molar-refractivity contribution in [2.75, 3.05) is 6.54 Å². The van der Waals surface area contributed by atoms with Crippen LogP contribution in [0.4, 0.5) is 0 Å². The van der Waals surface area contributed by atoms with E-state index in [1.807, 2.05) is 27.8 Å². The molecule has 25 heavy (non-hydrogen) atoms. The molecule has 0 bridgehead atoms. The van der Waals surface area contributed by atoms with Gasteiger partial charge < -0.3 is 4.90 Å². The van der Waals surface area contributed by atoms with Gasteiger partial charge in [0, 0.05) is 25.1 Å². The molecular weight excluding hydrogens is 312 g/mol. The molecule has 0 aliphatic carbocycles. The fourth-order valence-electron chi connectivity index (χ4n) is 3.37. The maximum Gasteiger partial charge on any atom is 0.255 e. The Morgan fingerprint density at radius 3 is 2.68 bits per heavy atom. The number of carbonyl (C=O) groups is 1. The van der Waals surface area contributed by atoms with E-state index in [1.165, 1.54) is 11.1 Å². The number of pyridine rings is 1. The molecule has 1 fully saturated rings. The van der Waals surface area contributed by atoms with Crippen molar-refractivity contribution < 1.29 is 4.79 Å². The first-order valence-corrected chi connectivity index (χ1v) is 8.54. The summed E-state index contributed by atoms with van der Waals surface area (Å²) >= 11 is 0. The Balaban J connectivity index is 1.56. The van der Waals surface area contributed by atoms with Gasteiger partial charge in [-0.3, -0.25) is 9.36 Å². The van der Waals surface area contributed by atoms with Crippen molar-refractivity contribution in [3.8, 4) is 5.82 Å². The number of aromatic nitrogens is 3. The Kier molecular flexibility index (Phi) is 4.06. The minimum absolute atomic E-state index is 0.0488. The van der Waals surface area contributed by atoms with Crippen LogP contribution in [-0.2, 0) is 0 Å². The van der Waals surface area contributed by atoms with Crippen LogP contribution >= 0.6 is 0 Å². The number of nitrogens with zero attached hydrogens (tertiary/aromatic N) is 4. The van der Waals surface area contributed by atoms with Crippen LogP contribution in [0, 0.1) is 6.92 Å². The lowest BCUT2D eigenvalue weighted by atomic mass is 10.0. The van der Waals surface area contributed by atoms with E-state index in [1.54, 1.807) is 18.7 Å². The Labute approximate surface area is 147 Å². The molecule has 0 unspecified atom stereocenters. The first-order chi connectivity index (χ1) is 12.2. The van der Waals surface area contributed by atoms with Gasteiger partial charge in [-0.15, -0.1) is 0 Å². The normalized spacial score (nSPS) is 17.0. The van der Waals surface area contributed by atoms with Gasteiger partial charge in [0.15, 0.2) is 0 Å². The number of imidazole rings is 1. The minimum Gasteiger partial charge on any atom is -0.332 e. The molecule has 1 aromatic carbocycles. The Morgan fingerprint density at radius 1 is 1.16 bits per heavy atom. The van der Waals surface area contributed by atoms with E-state index in [0.29, 0.717) is 5.56 Å². The van der Waals surface area contributed by atoms with Crippen LogP contribution in [0.2, 0.25) is 0 Å². The second kappa shape index (κ2) is 6.51. The van der Waals surface area contributed by atoms with Gasteiger partial charge >= 0.3 is 0 Å². The van der Waals surface area contributed by atoms with Crippen molar-refractivity contribution >= 4 is 5.91 Å². The number of aryl methyl sites for hydroxylation is 1. The van der Waals surface area contributed by atoms with Crippen molar-refractivity contribution in [1.82, 2.24) is 19.4 Å². The summed E-state index contributed by atoms with van der Waals surface area (Å²) in [7, 11) is 0. The van der Waals surface area contributed by atoms with Gasteiger partial charge in [0.2, 0.25) is 0 Å². The summed E-state index contributed by atoms with van der Waals surface area (Å²) in [5.41, 5.74) is 3.07. The third-order valence-electron chi connectivity index (χ3n) is 4.74. The Hall–Kier alpha value is -2.95. The number of hydrogen-bond acceptors (Lipinski definition) is 3. The topological polar surface area (TPSA) is 51.0 Å². The first-order valence-electron chi connectivity index (χ1n) is 8.54. The predicted molar refractivity (Wildman–Crippen MR) is 95.5 cm³/mol. The van der Waals surface area contributed by atoms with Crippen molar-refractivity contribution in [1.29, 1.82) is 0 Å². The second-order valence-electron chi connectivity index (χ2n) is 6.44. The fraction of sp³-hybridized carbons (Fsp3) is 0.250. The lowest BCUT2D eigenvalue weighted by Crippen LogP contribution is -2.30. The lowest BCUT2D eigenvalue weighted by Gasteiger charge is -2.25. The number of amides is 1. The largest absolute Gasteiger partial charge is 0.332 e. The number of benzene rings is 1. The van der Waals surface area contributed by atoms with Crippen LogP contribution in [0.15, 0.2) is 61.3 Å². The molecule has 0 radical (unpaired) electrons. The summed E-state index contributed by atoms with van der Waals surface area (Å²) in [4.78, 5) is 23.3. The SMILES string of the molecule is Cc1ccc([C@@H]2CCCN2C(=O)c2ccc(-n3ccnc3)nc2)cc1. The van der Waals surface area contributed by atoms with Crippen LogP contribution in [0.3, 0.4) is 0 Å². The summed E-state index contributed by atoms with van der Waals surface area (Å²) in [6.07, 6.45) is 8.93. The van der Waals surface area contributed by atoms with Gasteiger partial charge in [-0.2, -0.15) is 0 Å². The highest BCUT2D eigenvalue weighted by Crippen LogP contribution is 2.33. The van der Waals surface area contributed by atoms with Gasteiger partial charge in [-0.25, -0.2) is 9.97 Å². The Morgan fingerprint density at radius 2 is 2.00 bits per heavy atom. The zero-order valence-corrected chi connectivity index (χ0v) is 14.2. The molecule has 1 atom stereocenters. The maximum atomic E-state index is 13.0. The highest BCUT2D eigenvalue weighted by Gasteiger charge is 2.30. The maximum absolute atomic E-state index is 13.0. The van der Waals surface area contributed by atoms with E-state index >= 15 is 0 Å². The zero-order valence-electron chi connectivity index (χ0n) is 14.2. The van der Waals surface area contributed by atoms with Gasteiger partial charge in [-0.1, -0.05) is 29.8 Å². The zero-order chi connectivity index (χ0) is 17.2. The van der Waals surface area contributed by atoms with Crippen molar-refractivity contribution in [2.45, 2.75) is 25.8 Å². The van der Waals surface area contributed by atoms with Gasteiger partial charge in [0.05, 0.1) is 11.6 Å². The molecular formula is C20H20N4O. The Bertz CT molecular complexity index is 854. The van der Waals surface area contributed by atoms with Crippen LogP contribution in [0.25, 0.3) is 5.82 Å². The monoisotopic (exact) mass is 332 g/mol. The van der Waals surface area contributed by atoms with Gasteiger partial charge in [0.1, 0.15) is 12.1 Å². The quantitative estimate of drug-likeness (QED) is 0.737. The molecule has 1 amide bonds. The summed E-state index contributed by atoms with van der Waals surface area (Å²) in [6, 6.07) is 12.3. The lowest BCUT2D eigenvalue weighted by molar-refractivity contribution is 0.0735. The molecule has 1 saturated heterocycles. The average molecular weight is 332 g/mol. The van der Waals surface area contributed by atoms with Crippen LogP contribution in [0.1, 0.15) is 40.4 Å². The summed E-state index contributed by atoms with van der Waals surface area (Å²) in [5.74, 6) is 0.804. The molecule has 1 aliphatic rings. The van der Waals surface area contributed by atoms with Crippen molar-refractivity contribution in [3.63, 3.8) is 0 Å². The number of hydrogen-bond donors (Lipinski definition) is 0. The molecule has 3 aromatic rings. The highest BCUT2D eigenvalue weighted by molar-refractivity contribution is 5.94. The molecule has 0 N–H and O–H groups in total. The average Bonchev–Trinajstić information content (AvgIpc) is 3.34. The van der Waals surface area contributed by atoms with E-state index in [-0.39, 0.29) is 11.9 Å². The molecule has 5 heteroatoms. The second-order valence-corrected chi connectivity index (χ2v) is 6.44. The number of carbonyl (C=O) groups excluding carboxylic acids is 1. The molecule has 4 rings (SSSR count). The summed E-state index contributed by atoms with van der Waals surface area (Å²) < 4.78 is 1.82. The van der Waals surface area contributed by atoms with Crippen molar-refractivity contribution in [2.24, 2.45) is 0 Å². The number of rotatable bonds is 3. The standard InChI is InChI=1S/C20H20N4O/c1-15-4-6-16(7-5-15)18-3-2-11-24(18)20(25)17-8-9-19(22-13-17)23-12-10-21-14-23/h4-10,12-14,18H,2-3,11H2,1H3/t18-/m0/s1. The molecule has 126 valence electrons. The highest BCUT2D eigenvalue weighted by atomic mass is 16.2. The third kappa shape index (κ3) is 3.05. The molecule has 1 aliphatic heterocycles. The summed E-state index contributed by atoms with van der Waals surface area (Å²) in [6.45, 7) is 2.87. The van der Waals surface area contributed by atoms with Crippen molar-refractivity contribution in [3.05, 3.63) is 78.0 Å². The molecule has 5 nitrogen and oxygen atoms in total. The summed E-state index contributed by atoms with van der Waals surface area (Å²) in [5, 5.41) is 0. The smallest absolute Gasteiger partial charge is 0.255 e. The van der Waals surface area contributed by atoms with E-state index in [0.717, 1.165) is 25.2 Å². The van der Waals surface area contributed by atoms with E-state index < -0.39 is 0 Å². The molecule has 2 aromatic heterocycles. The predicted octanol–water partition coefficient (Wildman–Crippen LogP) is 3.55. The van der Waals surface area contributed by atoms with E-state index in [2.05, 4.69) is 41.2 Å². The number of likely N-dealkylation sites (tertiary alicyclic amines) is 1. The van der Waals surface area contributed by atoms with E-state index in [4.69, 9.17) is 0 Å². The first kappa shape index (κ1) is 15.6. The van der Waals surface area contributed by atoms with Crippen LogP contribution in [0.5, 0.6) is 0 Å². The molecule has 0 saturated carbocycles.